The van der Waals surface area contributed by atoms with Gasteiger partial charge in [-0.25, -0.2) is 0 Å². The smallest absolute Gasteiger partial charge is 0.193 e. The summed E-state index contributed by atoms with van der Waals surface area (Å²) in [6.45, 7) is 9.51. The molecule has 1 saturated heterocycles. The van der Waals surface area contributed by atoms with Crippen LogP contribution >= 0.6 is 24.0 Å². The van der Waals surface area contributed by atoms with E-state index in [1.165, 1.54) is 43.5 Å². The molecule has 0 radical (unpaired) electrons. The highest BCUT2D eigenvalue weighted by molar-refractivity contribution is 14.0. The molecule has 1 aromatic carbocycles. The van der Waals surface area contributed by atoms with Gasteiger partial charge in [0, 0.05) is 26.7 Å². The molecule has 0 atom stereocenters. The Hall–Kier alpha value is -0.820. The van der Waals surface area contributed by atoms with Gasteiger partial charge in [0.15, 0.2) is 5.96 Å². The number of likely N-dealkylation sites (tertiary alicyclic amines) is 1. The van der Waals surface area contributed by atoms with Crippen LogP contribution in [0.3, 0.4) is 0 Å². The molecule has 1 aromatic rings. The summed E-state index contributed by atoms with van der Waals surface area (Å²) in [7, 11) is 4.35. The molecule has 1 N–H and O–H groups in total. The van der Waals surface area contributed by atoms with Gasteiger partial charge >= 0.3 is 0 Å². The second kappa shape index (κ2) is 11.7. The summed E-state index contributed by atoms with van der Waals surface area (Å²) >= 11 is 0. The molecule has 5 heteroatoms. The fourth-order valence-corrected chi connectivity index (χ4v) is 3.29. The third-order valence-electron chi connectivity index (χ3n) is 5.00. The molecule has 0 aromatic heterocycles. The van der Waals surface area contributed by atoms with Crippen LogP contribution < -0.4 is 5.32 Å². The SMILES string of the molecule is CCNC(=NCCC1CCN(C)CC1)N(C)Cc1ccccc1C.I. The van der Waals surface area contributed by atoms with Crippen molar-refractivity contribution in [1.29, 1.82) is 0 Å². The van der Waals surface area contributed by atoms with E-state index in [1.807, 2.05) is 0 Å². The number of hydrogen-bond acceptors (Lipinski definition) is 2. The minimum Gasteiger partial charge on any atom is -0.357 e. The first kappa shape index (κ1) is 22.2. The maximum Gasteiger partial charge on any atom is 0.193 e. The number of rotatable bonds is 6. The Morgan fingerprint density at radius 2 is 1.96 bits per heavy atom. The molecule has 1 heterocycles. The maximum absolute atomic E-state index is 4.87. The highest BCUT2D eigenvalue weighted by Gasteiger charge is 2.16. The zero-order valence-electron chi connectivity index (χ0n) is 16.3. The lowest BCUT2D eigenvalue weighted by atomic mass is 9.94. The van der Waals surface area contributed by atoms with E-state index in [1.54, 1.807) is 0 Å². The lowest BCUT2D eigenvalue weighted by molar-refractivity contribution is 0.214. The zero-order chi connectivity index (χ0) is 17.4. The van der Waals surface area contributed by atoms with Crippen LogP contribution in [0, 0.1) is 12.8 Å². The summed E-state index contributed by atoms with van der Waals surface area (Å²) in [5, 5.41) is 3.43. The van der Waals surface area contributed by atoms with Crippen molar-refractivity contribution < 1.29 is 0 Å². The molecule has 142 valence electrons. The minimum absolute atomic E-state index is 0. The number of halogens is 1. The van der Waals surface area contributed by atoms with Crippen LogP contribution in [0.2, 0.25) is 0 Å². The standard InChI is InChI=1S/C20H34N4.HI/c1-5-21-20(22-13-10-18-11-14-23(3)15-12-18)24(4)16-19-9-7-6-8-17(19)2;/h6-9,18H,5,10-16H2,1-4H3,(H,21,22);1H. The molecule has 25 heavy (non-hydrogen) atoms. The van der Waals surface area contributed by atoms with Gasteiger partial charge in [0.25, 0.3) is 0 Å². The monoisotopic (exact) mass is 458 g/mol. The number of nitrogens with one attached hydrogen (secondary N) is 1. The Morgan fingerprint density at radius 3 is 2.60 bits per heavy atom. The van der Waals surface area contributed by atoms with Gasteiger partial charge in [-0.1, -0.05) is 24.3 Å². The van der Waals surface area contributed by atoms with E-state index in [9.17, 15) is 0 Å². The third-order valence-corrected chi connectivity index (χ3v) is 5.00. The topological polar surface area (TPSA) is 30.9 Å². The van der Waals surface area contributed by atoms with Gasteiger partial charge in [-0.15, -0.1) is 24.0 Å². The van der Waals surface area contributed by atoms with E-state index in [-0.39, 0.29) is 24.0 Å². The van der Waals surface area contributed by atoms with Crippen LogP contribution in [-0.4, -0.2) is 56.0 Å². The average molecular weight is 458 g/mol. The van der Waals surface area contributed by atoms with Gasteiger partial charge < -0.3 is 15.1 Å². The van der Waals surface area contributed by atoms with Crippen molar-refractivity contribution in [2.24, 2.45) is 10.9 Å². The quantitative estimate of drug-likeness (QED) is 0.400. The largest absolute Gasteiger partial charge is 0.357 e. The van der Waals surface area contributed by atoms with E-state index >= 15 is 0 Å². The minimum atomic E-state index is 0. The highest BCUT2D eigenvalue weighted by atomic mass is 127. The molecule has 4 nitrogen and oxygen atoms in total. The Morgan fingerprint density at radius 1 is 1.28 bits per heavy atom. The van der Waals surface area contributed by atoms with Gasteiger partial charge in [-0.05, 0) is 70.3 Å². The van der Waals surface area contributed by atoms with Crippen LogP contribution in [0.5, 0.6) is 0 Å². The zero-order valence-corrected chi connectivity index (χ0v) is 18.6. The Labute approximate surface area is 171 Å². The fraction of sp³-hybridized carbons (Fsp3) is 0.650. The van der Waals surface area contributed by atoms with Crippen LogP contribution in [0.25, 0.3) is 0 Å². The molecule has 2 rings (SSSR count). The summed E-state index contributed by atoms with van der Waals surface area (Å²) in [6.07, 6.45) is 3.85. The number of hydrogen-bond donors (Lipinski definition) is 1. The molecular weight excluding hydrogens is 423 g/mol. The number of aryl methyl sites for hydroxylation is 1. The van der Waals surface area contributed by atoms with Crippen LogP contribution in [-0.2, 0) is 6.54 Å². The summed E-state index contributed by atoms with van der Waals surface area (Å²) in [5.74, 6) is 1.86. The van der Waals surface area contributed by atoms with Crippen molar-refractivity contribution in [3.05, 3.63) is 35.4 Å². The Balaban J connectivity index is 0.00000312. The second-order valence-corrected chi connectivity index (χ2v) is 7.05. The molecule has 0 bridgehead atoms. The highest BCUT2D eigenvalue weighted by Crippen LogP contribution is 2.19. The molecule has 0 amide bonds. The van der Waals surface area contributed by atoms with Crippen molar-refractivity contribution in [2.75, 3.05) is 40.3 Å². The van der Waals surface area contributed by atoms with Crippen LogP contribution in [0.1, 0.15) is 37.3 Å². The van der Waals surface area contributed by atoms with Crippen LogP contribution in [0.15, 0.2) is 29.3 Å². The van der Waals surface area contributed by atoms with Crippen molar-refractivity contribution in [3.63, 3.8) is 0 Å². The molecular formula is C20H35IN4. The summed E-state index contributed by atoms with van der Waals surface area (Å²) in [6, 6.07) is 8.58. The normalized spacial score (nSPS) is 16.4. The predicted molar refractivity (Wildman–Crippen MR) is 119 cm³/mol. The first-order valence-electron chi connectivity index (χ1n) is 9.32. The molecule has 0 aliphatic carbocycles. The Bertz CT molecular complexity index is 524. The van der Waals surface area contributed by atoms with Crippen LogP contribution in [0.4, 0.5) is 0 Å². The number of nitrogens with zero attached hydrogens (tertiary/aromatic N) is 3. The molecule has 1 fully saturated rings. The lowest BCUT2D eigenvalue weighted by Gasteiger charge is -2.28. The van der Waals surface area contributed by atoms with Gasteiger partial charge in [0.05, 0.1) is 0 Å². The first-order chi connectivity index (χ1) is 11.6. The molecule has 1 aliphatic rings. The summed E-state index contributed by atoms with van der Waals surface area (Å²) < 4.78 is 0. The van der Waals surface area contributed by atoms with Crippen molar-refractivity contribution in [3.8, 4) is 0 Å². The fourth-order valence-electron chi connectivity index (χ4n) is 3.29. The van der Waals surface area contributed by atoms with Crippen molar-refractivity contribution >= 4 is 29.9 Å². The average Bonchev–Trinajstić information content (AvgIpc) is 2.58. The van der Waals surface area contributed by atoms with E-state index < -0.39 is 0 Å². The van der Waals surface area contributed by atoms with E-state index in [0.717, 1.165) is 31.5 Å². The van der Waals surface area contributed by atoms with E-state index in [2.05, 4.69) is 67.3 Å². The van der Waals surface area contributed by atoms with Crippen molar-refractivity contribution in [1.82, 2.24) is 15.1 Å². The van der Waals surface area contributed by atoms with Gasteiger partial charge in [-0.3, -0.25) is 4.99 Å². The third kappa shape index (κ3) is 7.52. The number of guanidine groups is 1. The number of benzene rings is 1. The summed E-state index contributed by atoms with van der Waals surface area (Å²) in [5.41, 5.74) is 2.70. The molecule has 0 unspecified atom stereocenters. The molecule has 0 spiro atoms. The number of aliphatic imine (C=N–C) groups is 1. The number of piperidine rings is 1. The Kier molecular flexibility index (Phi) is 10.4. The predicted octanol–water partition coefficient (Wildman–Crippen LogP) is 3.74. The van der Waals surface area contributed by atoms with Gasteiger partial charge in [-0.2, -0.15) is 0 Å². The van der Waals surface area contributed by atoms with E-state index in [4.69, 9.17) is 4.99 Å². The van der Waals surface area contributed by atoms with Gasteiger partial charge in [0.1, 0.15) is 0 Å². The van der Waals surface area contributed by atoms with Gasteiger partial charge in [0.2, 0.25) is 0 Å². The second-order valence-electron chi connectivity index (χ2n) is 7.05. The maximum atomic E-state index is 4.87. The lowest BCUT2D eigenvalue weighted by Crippen LogP contribution is -2.38. The van der Waals surface area contributed by atoms with Crippen molar-refractivity contribution in [2.45, 2.75) is 39.7 Å². The van der Waals surface area contributed by atoms with E-state index in [0.29, 0.717) is 0 Å². The molecule has 0 saturated carbocycles. The molecule has 1 aliphatic heterocycles. The first-order valence-corrected chi connectivity index (χ1v) is 9.32. The summed E-state index contributed by atoms with van der Waals surface area (Å²) in [4.78, 5) is 9.54.